The van der Waals surface area contributed by atoms with Crippen molar-refractivity contribution in [2.24, 2.45) is 4.99 Å². The van der Waals surface area contributed by atoms with E-state index in [1.165, 1.54) is 13.2 Å². The smallest absolute Gasteiger partial charge is 0.454 e. The molecule has 1 saturated heterocycles. The van der Waals surface area contributed by atoms with Gasteiger partial charge in [-0.15, -0.1) is 17.9 Å². The third-order valence-electron chi connectivity index (χ3n) is 6.34. The Morgan fingerprint density at radius 3 is 2.67 bits per heavy atom. The van der Waals surface area contributed by atoms with Crippen molar-refractivity contribution in [1.82, 2.24) is 9.88 Å². The maximum atomic E-state index is 13.0. The summed E-state index contributed by atoms with van der Waals surface area (Å²) in [6, 6.07) is 18.3. The van der Waals surface area contributed by atoms with Crippen LogP contribution in [0.15, 0.2) is 78.3 Å². The van der Waals surface area contributed by atoms with Gasteiger partial charge in [0.1, 0.15) is 5.01 Å². The van der Waals surface area contributed by atoms with E-state index in [0.29, 0.717) is 23.5 Å². The number of nitrogens with one attached hydrogen (secondary N) is 1. The fraction of sp³-hybridized carbons (Fsp3) is 0.200. The van der Waals surface area contributed by atoms with Gasteiger partial charge in [0.2, 0.25) is 5.75 Å². The van der Waals surface area contributed by atoms with Crippen molar-refractivity contribution in [3.63, 3.8) is 0 Å². The van der Waals surface area contributed by atoms with Crippen LogP contribution in [-0.2, 0) is 4.89 Å². The minimum absolute atomic E-state index is 0.0154. The van der Waals surface area contributed by atoms with Crippen LogP contribution in [0, 0.1) is 0 Å². The van der Waals surface area contributed by atoms with Crippen LogP contribution < -0.4 is 14.9 Å². The molecule has 3 aromatic carbocycles. The van der Waals surface area contributed by atoms with E-state index in [2.05, 4.69) is 21.9 Å². The number of amides is 2. The number of aromatic nitrogens is 1. The van der Waals surface area contributed by atoms with Crippen LogP contribution in [0.2, 0.25) is 0 Å². The third kappa shape index (κ3) is 5.67. The molecule has 1 unspecified atom stereocenters. The van der Waals surface area contributed by atoms with Crippen molar-refractivity contribution in [1.29, 1.82) is 0 Å². The van der Waals surface area contributed by atoms with Gasteiger partial charge in [0.05, 0.1) is 34.6 Å². The van der Waals surface area contributed by atoms with E-state index in [9.17, 15) is 9.59 Å². The first-order chi connectivity index (χ1) is 19.5. The molecule has 2 amide bonds. The SMILES string of the molecule is C=CC.COc1cc2c(cc1OOC(=O)Nc1ccc(-c3nc4ccccc4s3)cc1)N=CC1CCCN1C2=O. The number of ether oxygens (including phenoxy) is 1. The fourth-order valence-corrected chi connectivity index (χ4v) is 5.46. The van der Waals surface area contributed by atoms with Gasteiger partial charge in [-0.3, -0.25) is 20.0 Å². The topological polar surface area (TPSA) is 102 Å². The molecule has 4 aromatic rings. The predicted octanol–water partition coefficient (Wildman–Crippen LogP) is 7.03. The number of benzene rings is 3. The highest BCUT2D eigenvalue weighted by Crippen LogP contribution is 2.38. The van der Waals surface area contributed by atoms with Gasteiger partial charge in [0.25, 0.3) is 5.91 Å². The third-order valence-corrected chi connectivity index (χ3v) is 7.42. The molecule has 204 valence electrons. The van der Waals surface area contributed by atoms with Gasteiger partial charge in [0, 0.05) is 30.1 Å². The molecule has 40 heavy (non-hydrogen) atoms. The lowest BCUT2D eigenvalue weighted by Gasteiger charge is -2.20. The van der Waals surface area contributed by atoms with E-state index in [0.717, 1.165) is 33.6 Å². The van der Waals surface area contributed by atoms with Crippen LogP contribution in [0.4, 0.5) is 16.2 Å². The molecule has 10 heteroatoms. The highest BCUT2D eigenvalue weighted by atomic mass is 32.1. The zero-order valence-corrected chi connectivity index (χ0v) is 22.9. The molecule has 2 aliphatic heterocycles. The van der Waals surface area contributed by atoms with Crippen molar-refractivity contribution in [2.75, 3.05) is 19.0 Å². The number of rotatable bonds is 5. The summed E-state index contributed by atoms with van der Waals surface area (Å²) in [4.78, 5) is 46.5. The molecular formula is C30H28N4O5S. The van der Waals surface area contributed by atoms with Crippen LogP contribution in [0.3, 0.4) is 0 Å². The lowest BCUT2D eigenvalue weighted by atomic mass is 10.1. The first-order valence-corrected chi connectivity index (χ1v) is 13.6. The Morgan fingerprint density at radius 1 is 1.15 bits per heavy atom. The second-order valence-corrected chi connectivity index (χ2v) is 10.1. The summed E-state index contributed by atoms with van der Waals surface area (Å²) >= 11 is 1.61. The number of carbonyl (C=O) groups is 2. The van der Waals surface area contributed by atoms with E-state index >= 15 is 0 Å². The largest absolute Gasteiger partial charge is 0.493 e. The molecule has 6 rings (SSSR count). The fourth-order valence-electron chi connectivity index (χ4n) is 4.49. The number of hydrogen-bond acceptors (Lipinski definition) is 8. The Kier molecular flexibility index (Phi) is 8.07. The minimum Gasteiger partial charge on any atom is -0.493 e. The zero-order valence-electron chi connectivity index (χ0n) is 22.1. The molecule has 1 aromatic heterocycles. The highest BCUT2D eigenvalue weighted by Gasteiger charge is 2.32. The Bertz CT molecular complexity index is 1550. The second kappa shape index (κ2) is 12.0. The Morgan fingerprint density at radius 2 is 1.93 bits per heavy atom. The quantitative estimate of drug-likeness (QED) is 0.161. The van der Waals surface area contributed by atoms with Crippen LogP contribution in [-0.4, -0.2) is 47.8 Å². The first-order valence-electron chi connectivity index (χ1n) is 12.8. The molecular weight excluding hydrogens is 528 g/mol. The monoisotopic (exact) mass is 556 g/mol. The lowest BCUT2D eigenvalue weighted by Crippen LogP contribution is -2.35. The second-order valence-electron chi connectivity index (χ2n) is 9.06. The first kappa shape index (κ1) is 26.9. The van der Waals surface area contributed by atoms with Crippen molar-refractivity contribution < 1.29 is 24.1 Å². The van der Waals surface area contributed by atoms with E-state index in [1.54, 1.807) is 46.7 Å². The van der Waals surface area contributed by atoms with Gasteiger partial charge in [0.15, 0.2) is 5.75 Å². The van der Waals surface area contributed by atoms with E-state index < -0.39 is 6.09 Å². The standard InChI is InChI=1S/C27H22N4O5S.C3H6/c1-34-22-13-19-21(28-15-18-5-4-12-31(18)26(19)32)14-23(22)35-36-27(33)29-17-10-8-16(9-11-17)25-30-20-6-2-3-7-24(20)37-25;1-3-2/h2-3,6-11,13-15,18H,4-5,12H2,1H3,(H,29,33);3H,1H2,2H3. The summed E-state index contributed by atoms with van der Waals surface area (Å²) in [5, 5.41) is 3.53. The molecule has 3 heterocycles. The number of carbonyl (C=O) groups excluding carboxylic acids is 2. The van der Waals surface area contributed by atoms with Crippen LogP contribution in [0.1, 0.15) is 30.1 Å². The number of aliphatic imine (C=N–C) groups is 1. The summed E-state index contributed by atoms with van der Waals surface area (Å²) in [5.41, 5.74) is 3.28. The lowest BCUT2D eigenvalue weighted by molar-refractivity contribution is -0.138. The number of methoxy groups -OCH3 is 1. The summed E-state index contributed by atoms with van der Waals surface area (Å²) in [6.07, 6.45) is 4.54. The van der Waals surface area contributed by atoms with Crippen LogP contribution in [0.5, 0.6) is 11.5 Å². The summed E-state index contributed by atoms with van der Waals surface area (Å²) in [7, 11) is 1.45. The van der Waals surface area contributed by atoms with Crippen LogP contribution >= 0.6 is 11.3 Å². The molecule has 0 bridgehead atoms. The molecule has 1 N–H and O–H groups in total. The predicted molar refractivity (Wildman–Crippen MR) is 157 cm³/mol. The molecule has 0 radical (unpaired) electrons. The Hall–Kier alpha value is -4.70. The van der Waals surface area contributed by atoms with Crippen LogP contribution in [0.25, 0.3) is 20.8 Å². The number of hydrogen-bond donors (Lipinski definition) is 1. The van der Waals surface area contributed by atoms with E-state index in [4.69, 9.17) is 14.5 Å². The summed E-state index contributed by atoms with van der Waals surface area (Å²) < 4.78 is 6.49. The maximum Gasteiger partial charge on any atom is 0.454 e. The summed E-state index contributed by atoms with van der Waals surface area (Å²) in [5.74, 6) is 0.287. The molecule has 9 nitrogen and oxygen atoms in total. The molecule has 1 atom stereocenters. The van der Waals surface area contributed by atoms with Gasteiger partial charge < -0.3 is 9.64 Å². The van der Waals surface area contributed by atoms with Crippen molar-refractivity contribution in [3.05, 3.63) is 78.9 Å². The number of nitrogens with zero attached hydrogens (tertiary/aromatic N) is 3. The van der Waals surface area contributed by atoms with Crippen molar-refractivity contribution in [2.45, 2.75) is 25.8 Å². The molecule has 1 fully saturated rings. The maximum absolute atomic E-state index is 13.0. The number of anilines is 1. The summed E-state index contributed by atoms with van der Waals surface area (Å²) in [6.45, 7) is 5.94. The van der Waals surface area contributed by atoms with E-state index in [1.807, 2.05) is 43.3 Å². The zero-order chi connectivity index (χ0) is 28.1. The Labute approximate surface area is 235 Å². The molecule has 0 saturated carbocycles. The molecule has 0 spiro atoms. The van der Waals surface area contributed by atoms with Gasteiger partial charge in [-0.25, -0.2) is 14.7 Å². The van der Waals surface area contributed by atoms with Crippen molar-refractivity contribution >= 4 is 51.1 Å². The van der Waals surface area contributed by atoms with Gasteiger partial charge in [-0.05, 0) is 62.2 Å². The molecule has 0 aliphatic carbocycles. The number of para-hydroxylation sites is 1. The van der Waals surface area contributed by atoms with E-state index in [-0.39, 0.29) is 23.4 Å². The van der Waals surface area contributed by atoms with Crippen molar-refractivity contribution in [3.8, 4) is 22.1 Å². The van der Waals surface area contributed by atoms with Gasteiger partial charge >= 0.3 is 6.09 Å². The normalized spacial score (nSPS) is 15.3. The highest BCUT2D eigenvalue weighted by molar-refractivity contribution is 7.21. The number of thiazole rings is 1. The average molecular weight is 557 g/mol. The Balaban J connectivity index is 0.00000103. The van der Waals surface area contributed by atoms with Gasteiger partial charge in [-0.2, -0.15) is 0 Å². The van der Waals surface area contributed by atoms with Gasteiger partial charge in [-0.1, -0.05) is 18.2 Å². The minimum atomic E-state index is -0.815. The average Bonchev–Trinajstić information content (AvgIpc) is 3.60. The number of allylic oxidation sites excluding steroid dienone is 1. The number of fused-ring (bicyclic) bond motifs is 3. The molecule has 2 aliphatic rings.